The van der Waals surface area contributed by atoms with Crippen molar-refractivity contribution in [1.29, 1.82) is 0 Å². The molecule has 1 aromatic heterocycles. The highest BCUT2D eigenvalue weighted by Crippen LogP contribution is 2.27. The van der Waals surface area contributed by atoms with Crippen LogP contribution < -0.4 is 0 Å². The summed E-state index contributed by atoms with van der Waals surface area (Å²) >= 11 is 0. The average Bonchev–Trinajstić information content (AvgIpc) is 3.05. The van der Waals surface area contributed by atoms with Gasteiger partial charge < -0.3 is 9.64 Å². The van der Waals surface area contributed by atoms with Crippen LogP contribution in [0.25, 0.3) is 0 Å². The van der Waals surface area contributed by atoms with Gasteiger partial charge in [-0.05, 0) is 24.8 Å². The fourth-order valence-electron chi connectivity index (χ4n) is 3.29. The SMILES string of the molecule is O=C(c1nnn2c1CO[C@@H](c1ccccc1)C2)N1CCCCC1. The minimum absolute atomic E-state index is 0.00675. The van der Waals surface area contributed by atoms with E-state index < -0.39 is 0 Å². The number of amides is 1. The van der Waals surface area contributed by atoms with E-state index in [0.29, 0.717) is 18.8 Å². The Morgan fingerprint density at radius 1 is 1.13 bits per heavy atom. The molecule has 0 bridgehead atoms. The summed E-state index contributed by atoms with van der Waals surface area (Å²) in [6, 6.07) is 10.1. The monoisotopic (exact) mass is 312 g/mol. The molecule has 0 spiro atoms. The zero-order valence-corrected chi connectivity index (χ0v) is 13.0. The molecule has 6 nitrogen and oxygen atoms in total. The molecule has 2 aliphatic rings. The predicted octanol–water partition coefficient (Wildman–Crippen LogP) is 2.18. The highest BCUT2D eigenvalue weighted by atomic mass is 16.5. The largest absolute Gasteiger partial charge is 0.365 e. The van der Waals surface area contributed by atoms with Gasteiger partial charge in [0.15, 0.2) is 5.69 Å². The highest BCUT2D eigenvalue weighted by Gasteiger charge is 2.30. The van der Waals surface area contributed by atoms with Crippen molar-refractivity contribution < 1.29 is 9.53 Å². The number of likely N-dealkylation sites (tertiary alicyclic amines) is 1. The van der Waals surface area contributed by atoms with Crippen LogP contribution in [0.1, 0.15) is 47.1 Å². The molecule has 0 aliphatic carbocycles. The topological polar surface area (TPSA) is 60.3 Å². The summed E-state index contributed by atoms with van der Waals surface area (Å²) in [5.41, 5.74) is 2.38. The predicted molar refractivity (Wildman–Crippen MR) is 83.7 cm³/mol. The molecule has 0 unspecified atom stereocenters. The van der Waals surface area contributed by atoms with Crippen LogP contribution in [-0.4, -0.2) is 38.9 Å². The normalized spacial score (nSPS) is 21.0. The summed E-state index contributed by atoms with van der Waals surface area (Å²) in [4.78, 5) is 14.5. The lowest BCUT2D eigenvalue weighted by Gasteiger charge is -2.27. The second-order valence-corrected chi connectivity index (χ2v) is 6.13. The number of fused-ring (bicyclic) bond motifs is 1. The van der Waals surface area contributed by atoms with Crippen molar-refractivity contribution in [3.63, 3.8) is 0 Å². The van der Waals surface area contributed by atoms with Crippen LogP contribution in [0.2, 0.25) is 0 Å². The molecule has 1 saturated heterocycles. The van der Waals surface area contributed by atoms with E-state index in [1.54, 1.807) is 0 Å². The lowest BCUT2D eigenvalue weighted by Crippen LogP contribution is -2.36. The van der Waals surface area contributed by atoms with Crippen molar-refractivity contribution >= 4 is 5.91 Å². The second-order valence-electron chi connectivity index (χ2n) is 6.13. The van der Waals surface area contributed by atoms with Crippen LogP contribution in [0.15, 0.2) is 30.3 Å². The molecule has 4 rings (SSSR count). The van der Waals surface area contributed by atoms with Crippen molar-refractivity contribution in [3.8, 4) is 0 Å². The number of hydrogen-bond donors (Lipinski definition) is 0. The van der Waals surface area contributed by atoms with Gasteiger partial charge in [-0.25, -0.2) is 4.68 Å². The number of ether oxygens (including phenoxy) is 1. The summed E-state index contributed by atoms with van der Waals surface area (Å²) in [6.07, 6.45) is 3.30. The molecular formula is C17H20N4O2. The third kappa shape index (κ3) is 2.74. The number of carbonyl (C=O) groups excluding carboxylic acids is 1. The van der Waals surface area contributed by atoms with Crippen molar-refractivity contribution in [3.05, 3.63) is 47.3 Å². The number of nitrogens with zero attached hydrogens (tertiary/aromatic N) is 4. The van der Waals surface area contributed by atoms with Gasteiger partial charge in [-0.2, -0.15) is 0 Å². The summed E-state index contributed by atoms with van der Waals surface area (Å²) in [5, 5.41) is 8.33. The maximum absolute atomic E-state index is 12.6. The fourth-order valence-corrected chi connectivity index (χ4v) is 3.29. The molecule has 0 N–H and O–H groups in total. The molecule has 6 heteroatoms. The van der Waals surface area contributed by atoms with Crippen LogP contribution in [0.4, 0.5) is 0 Å². The van der Waals surface area contributed by atoms with Crippen LogP contribution in [0.5, 0.6) is 0 Å². The molecule has 1 amide bonds. The number of aromatic nitrogens is 3. The Balaban J connectivity index is 1.54. The average molecular weight is 312 g/mol. The Labute approximate surface area is 135 Å². The van der Waals surface area contributed by atoms with E-state index in [9.17, 15) is 4.79 Å². The minimum atomic E-state index is -0.0386. The highest BCUT2D eigenvalue weighted by molar-refractivity contribution is 5.93. The maximum atomic E-state index is 12.6. The molecular weight excluding hydrogens is 292 g/mol. The summed E-state index contributed by atoms with van der Waals surface area (Å²) < 4.78 is 7.77. The first-order chi connectivity index (χ1) is 11.3. The summed E-state index contributed by atoms with van der Waals surface area (Å²) in [7, 11) is 0. The van der Waals surface area contributed by atoms with E-state index in [4.69, 9.17) is 4.74 Å². The maximum Gasteiger partial charge on any atom is 0.276 e. The zero-order chi connectivity index (χ0) is 15.6. The Morgan fingerprint density at radius 3 is 2.70 bits per heavy atom. The lowest BCUT2D eigenvalue weighted by molar-refractivity contribution is -0.00198. The Kier molecular flexibility index (Phi) is 3.83. The number of benzene rings is 1. The van der Waals surface area contributed by atoms with Crippen LogP contribution in [0.3, 0.4) is 0 Å². The van der Waals surface area contributed by atoms with Gasteiger partial charge in [-0.15, -0.1) is 5.10 Å². The zero-order valence-electron chi connectivity index (χ0n) is 13.0. The third-order valence-corrected chi connectivity index (χ3v) is 4.61. The third-order valence-electron chi connectivity index (χ3n) is 4.61. The minimum Gasteiger partial charge on any atom is -0.365 e. The molecule has 2 aliphatic heterocycles. The van der Waals surface area contributed by atoms with Crippen LogP contribution in [0, 0.1) is 0 Å². The molecule has 0 saturated carbocycles. The first kappa shape index (κ1) is 14.4. The van der Waals surface area contributed by atoms with Gasteiger partial charge in [0.2, 0.25) is 0 Å². The van der Waals surface area contributed by atoms with Gasteiger partial charge in [-0.3, -0.25) is 4.79 Å². The number of piperidine rings is 1. The van der Waals surface area contributed by atoms with E-state index in [0.717, 1.165) is 37.2 Å². The Hall–Kier alpha value is -2.21. The van der Waals surface area contributed by atoms with E-state index in [2.05, 4.69) is 10.3 Å². The quantitative estimate of drug-likeness (QED) is 0.853. The van der Waals surface area contributed by atoms with E-state index in [-0.39, 0.29) is 12.0 Å². The van der Waals surface area contributed by atoms with E-state index >= 15 is 0 Å². The summed E-state index contributed by atoms with van der Waals surface area (Å²) in [6.45, 7) is 2.61. The van der Waals surface area contributed by atoms with E-state index in [1.807, 2.05) is 39.9 Å². The van der Waals surface area contributed by atoms with Gasteiger partial charge in [0, 0.05) is 13.1 Å². The van der Waals surface area contributed by atoms with Gasteiger partial charge in [0.05, 0.1) is 18.8 Å². The fraction of sp³-hybridized carbons (Fsp3) is 0.471. The first-order valence-electron chi connectivity index (χ1n) is 8.21. The number of carbonyl (C=O) groups is 1. The van der Waals surface area contributed by atoms with Crippen molar-refractivity contribution in [2.75, 3.05) is 13.1 Å². The molecule has 3 heterocycles. The van der Waals surface area contributed by atoms with Gasteiger partial charge >= 0.3 is 0 Å². The number of hydrogen-bond acceptors (Lipinski definition) is 4. The van der Waals surface area contributed by atoms with Crippen LogP contribution in [-0.2, 0) is 17.9 Å². The standard InChI is InChI=1S/C17H20N4O2/c22-17(20-9-5-2-6-10-20)16-14-12-23-15(11-21(14)19-18-16)13-7-3-1-4-8-13/h1,3-4,7-8,15H,2,5-6,9-12H2/t15-/m1/s1. The lowest BCUT2D eigenvalue weighted by atomic mass is 10.1. The first-order valence-corrected chi connectivity index (χ1v) is 8.21. The molecule has 1 aromatic carbocycles. The van der Waals surface area contributed by atoms with Crippen molar-refractivity contribution in [2.24, 2.45) is 0 Å². The van der Waals surface area contributed by atoms with Gasteiger partial charge in [0.1, 0.15) is 6.10 Å². The molecule has 1 atom stereocenters. The molecule has 120 valence electrons. The van der Waals surface area contributed by atoms with Crippen LogP contribution >= 0.6 is 0 Å². The summed E-state index contributed by atoms with van der Waals surface area (Å²) in [5.74, 6) is -0.00675. The Bertz CT molecular complexity index is 692. The molecule has 1 fully saturated rings. The molecule has 23 heavy (non-hydrogen) atoms. The second kappa shape index (κ2) is 6.12. The van der Waals surface area contributed by atoms with E-state index in [1.165, 1.54) is 6.42 Å². The van der Waals surface area contributed by atoms with Gasteiger partial charge in [-0.1, -0.05) is 35.5 Å². The van der Waals surface area contributed by atoms with Crippen molar-refractivity contribution in [2.45, 2.75) is 38.5 Å². The Morgan fingerprint density at radius 2 is 1.91 bits per heavy atom. The molecule has 2 aromatic rings. The van der Waals surface area contributed by atoms with Crippen molar-refractivity contribution in [1.82, 2.24) is 19.9 Å². The van der Waals surface area contributed by atoms with Gasteiger partial charge in [0.25, 0.3) is 5.91 Å². The molecule has 0 radical (unpaired) electrons. The smallest absolute Gasteiger partial charge is 0.276 e. The number of rotatable bonds is 2.